The predicted molar refractivity (Wildman–Crippen MR) is 101 cm³/mol. The molecule has 2 atom stereocenters. The second kappa shape index (κ2) is 14.0. The quantitative estimate of drug-likeness (QED) is 0.376. The minimum absolute atomic E-state index is 0.113. The molecule has 7 heteroatoms. The van der Waals surface area contributed by atoms with Crippen molar-refractivity contribution in [2.75, 3.05) is 23.8 Å². The number of aliphatic hydroxyl groups is 1. The van der Waals surface area contributed by atoms with E-state index in [1.54, 1.807) is 0 Å². The number of carbonyl (C=O) groups excluding carboxylic acids is 2. The Kier molecular flexibility index (Phi) is 13.7. The molecule has 0 bridgehead atoms. The van der Waals surface area contributed by atoms with Crippen molar-refractivity contribution in [1.82, 2.24) is 10.6 Å². The molecule has 136 valence electrons. The maximum Gasteiger partial charge on any atom is 0.243 e. The number of hydrogen-bond donors (Lipinski definition) is 4. The molecule has 0 rings (SSSR count). The lowest BCUT2D eigenvalue weighted by Gasteiger charge is -2.19. The van der Waals surface area contributed by atoms with Crippen LogP contribution in [0.25, 0.3) is 0 Å². The van der Waals surface area contributed by atoms with Crippen molar-refractivity contribution in [3.8, 4) is 0 Å². The number of nitrogens with one attached hydrogen (secondary N) is 2. The number of aliphatic hydroxyl groups excluding tert-OH is 1. The van der Waals surface area contributed by atoms with Crippen LogP contribution >= 0.6 is 24.4 Å². The average Bonchev–Trinajstić information content (AvgIpc) is 2.48. The van der Waals surface area contributed by atoms with Crippen molar-refractivity contribution in [3.63, 3.8) is 0 Å². The van der Waals surface area contributed by atoms with E-state index in [9.17, 15) is 14.7 Å². The van der Waals surface area contributed by atoms with Gasteiger partial charge in [-0.15, -0.1) is 0 Å². The normalized spacial score (nSPS) is 13.7. The highest BCUT2D eigenvalue weighted by Gasteiger charge is 2.21. The molecule has 0 aromatic rings. The van der Waals surface area contributed by atoms with Crippen molar-refractivity contribution in [3.05, 3.63) is 0 Å². The van der Waals surface area contributed by atoms with Gasteiger partial charge in [-0.25, -0.2) is 0 Å². The molecule has 0 saturated heterocycles. The number of hydrogen-bond acceptors (Lipinski definition) is 5. The van der Waals surface area contributed by atoms with Crippen molar-refractivity contribution < 1.29 is 14.7 Å². The van der Waals surface area contributed by atoms with Crippen LogP contribution in [0.2, 0.25) is 0 Å². The summed E-state index contributed by atoms with van der Waals surface area (Å²) in [5.41, 5.74) is 0. The van der Waals surface area contributed by atoms with Gasteiger partial charge in [0, 0.05) is 30.2 Å². The third-order valence-electron chi connectivity index (χ3n) is 3.14. The Bertz CT molecular complexity index is 341. The molecule has 2 unspecified atom stereocenters. The monoisotopic (exact) mass is 364 g/mol. The summed E-state index contributed by atoms with van der Waals surface area (Å²) in [7, 11) is 0. The molecule has 0 aliphatic carbocycles. The van der Waals surface area contributed by atoms with E-state index in [1.165, 1.54) is 11.8 Å². The van der Waals surface area contributed by atoms with Crippen LogP contribution in [0.4, 0.5) is 0 Å². The van der Waals surface area contributed by atoms with Crippen molar-refractivity contribution in [2.24, 2.45) is 5.92 Å². The van der Waals surface area contributed by atoms with Gasteiger partial charge in [-0.2, -0.15) is 24.4 Å². The Morgan fingerprint density at radius 3 is 2.52 bits per heavy atom. The number of amides is 2. The van der Waals surface area contributed by atoms with E-state index in [1.807, 2.05) is 13.8 Å². The predicted octanol–water partition coefficient (Wildman–Crippen LogP) is 1.85. The summed E-state index contributed by atoms with van der Waals surface area (Å²) in [4.78, 5) is 24.1. The summed E-state index contributed by atoms with van der Waals surface area (Å²) in [6.45, 7) is 6.50. The molecule has 0 aliphatic heterocycles. The van der Waals surface area contributed by atoms with E-state index >= 15 is 0 Å². The molecule has 0 saturated carbocycles. The first-order valence-electron chi connectivity index (χ1n) is 8.34. The first kappa shape index (κ1) is 22.6. The number of thiol groups is 1. The second-order valence-electron chi connectivity index (χ2n) is 6.07. The molecule has 0 aliphatic rings. The van der Waals surface area contributed by atoms with Gasteiger partial charge < -0.3 is 15.7 Å². The van der Waals surface area contributed by atoms with Crippen molar-refractivity contribution >= 4 is 36.2 Å². The summed E-state index contributed by atoms with van der Waals surface area (Å²) in [6.07, 6.45) is 2.88. The SMILES string of the molecule is CCCCC(O)CSCC(NC(=O)CC(C)C)C(=O)NCCS. The van der Waals surface area contributed by atoms with Crippen LogP contribution in [0, 0.1) is 5.92 Å². The van der Waals surface area contributed by atoms with Gasteiger partial charge in [0.25, 0.3) is 0 Å². The summed E-state index contributed by atoms with van der Waals surface area (Å²) < 4.78 is 0. The fourth-order valence-electron chi connectivity index (χ4n) is 1.95. The fraction of sp³-hybridized carbons (Fsp3) is 0.875. The topological polar surface area (TPSA) is 78.4 Å². The molecule has 0 fully saturated rings. The lowest BCUT2D eigenvalue weighted by molar-refractivity contribution is -0.128. The van der Waals surface area contributed by atoms with E-state index < -0.39 is 6.04 Å². The first-order chi connectivity index (χ1) is 10.9. The van der Waals surface area contributed by atoms with Gasteiger partial charge in [-0.3, -0.25) is 9.59 Å². The molecule has 5 nitrogen and oxygen atoms in total. The molecular weight excluding hydrogens is 332 g/mol. The van der Waals surface area contributed by atoms with E-state index in [2.05, 4.69) is 30.2 Å². The highest BCUT2D eigenvalue weighted by molar-refractivity contribution is 7.99. The van der Waals surface area contributed by atoms with Crippen LogP contribution in [0.3, 0.4) is 0 Å². The molecule has 23 heavy (non-hydrogen) atoms. The van der Waals surface area contributed by atoms with Crippen LogP contribution in [0.15, 0.2) is 0 Å². The van der Waals surface area contributed by atoms with Gasteiger partial charge in [0.1, 0.15) is 6.04 Å². The zero-order valence-corrected chi connectivity index (χ0v) is 16.2. The number of unbranched alkanes of at least 4 members (excludes halogenated alkanes) is 1. The summed E-state index contributed by atoms with van der Waals surface area (Å²) in [5.74, 6) is 1.55. The zero-order chi connectivity index (χ0) is 17.7. The molecule has 0 radical (unpaired) electrons. The minimum Gasteiger partial charge on any atom is -0.392 e. The van der Waals surface area contributed by atoms with E-state index in [4.69, 9.17) is 0 Å². The van der Waals surface area contributed by atoms with Crippen molar-refractivity contribution in [1.29, 1.82) is 0 Å². The molecule has 0 aromatic carbocycles. The average molecular weight is 365 g/mol. The van der Waals surface area contributed by atoms with Crippen LogP contribution < -0.4 is 10.6 Å². The Morgan fingerprint density at radius 1 is 1.26 bits per heavy atom. The first-order valence-corrected chi connectivity index (χ1v) is 10.1. The van der Waals surface area contributed by atoms with Gasteiger partial charge in [-0.1, -0.05) is 33.6 Å². The smallest absolute Gasteiger partial charge is 0.243 e. The van der Waals surface area contributed by atoms with Crippen LogP contribution in [-0.4, -0.2) is 52.9 Å². The van der Waals surface area contributed by atoms with E-state index in [0.717, 1.165) is 19.3 Å². The molecule has 2 amide bonds. The lowest BCUT2D eigenvalue weighted by Crippen LogP contribution is -2.49. The summed E-state index contributed by atoms with van der Waals surface area (Å²) in [6, 6.07) is -0.565. The third-order valence-corrected chi connectivity index (χ3v) is 4.56. The maximum atomic E-state index is 12.1. The zero-order valence-electron chi connectivity index (χ0n) is 14.5. The van der Waals surface area contributed by atoms with Crippen LogP contribution in [0.5, 0.6) is 0 Å². The third kappa shape index (κ3) is 12.7. The number of thioether (sulfide) groups is 1. The standard InChI is InChI=1S/C16H32N2O3S2/c1-4-5-6-13(19)10-23-11-14(16(21)17-7-8-22)18-15(20)9-12(2)3/h12-14,19,22H,4-11H2,1-3H3,(H,17,21)(H,18,20). The van der Waals surface area contributed by atoms with Crippen molar-refractivity contribution in [2.45, 2.75) is 58.6 Å². The Labute approximate surface area is 150 Å². The van der Waals surface area contributed by atoms with E-state index in [-0.39, 0.29) is 23.8 Å². The molecule has 0 aromatic heterocycles. The lowest BCUT2D eigenvalue weighted by atomic mass is 10.1. The molecule has 0 heterocycles. The fourth-order valence-corrected chi connectivity index (χ4v) is 3.11. The van der Waals surface area contributed by atoms with Gasteiger partial charge >= 0.3 is 0 Å². The maximum absolute atomic E-state index is 12.1. The Morgan fingerprint density at radius 2 is 1.96 bits per heavy atom. The van der Waals surface area contributed by atoms with Crippen LogP contribution in [0.1, 0.15) is 46.5 Å². The van der Waals surface area contributed by atoms with Gasteiger partial charge in [-0.05, 0) is 12.3 Å². The second-order valence-corrected chi connectivity index (χ2v) is 7.59. The van der Waals surface area contributed by atoms with E-state index in [0.29, 0.717) is 30.2 Å². The Hall–Kier alpha value is -0.400. The molecular formula is C16H32N2O3S2. The number of rotatable bonds is 13. The largest absolute Gasteiger partial charge is 0.392 e. The molecule has 0 spiro atoms. The van der Waals surface area contributed by atoms with Crippen LogP contribution in [-0.2, 0) is 9.59 Å². The summed E-state index contributed by atoms with van der Waals surface area (Å²) in [5, 5.41) is 15.4. The number of carbonyl (C=O) groups is 2. The summed E-state index contributed by atoms with van der Waals surface area (Å²) >= 11 is 5.57. The highest BCUT2D eigenvalue weighted by Crippen LogP contribution is 2.11. The van der Waals surface area contributed by atoms with Gasteiger partial charge in [0.05, 0.1) is 6.10 Å². The minimum atomic E-state index is -0.565. The Balaban J connectivity index is 4.36. The van der Waals surface area contributed by atoms with Gasteiger partial charge in [0.2, 0.25) is 11.8 Å². The van der Waals surface area contributed by atoms with Gasteiger partial charge in [0.15, 0.2) is 0 Å². The molecule has 3 N–H and O–H groups in total. The highest BCUT2D eigenvalue weighted by atomic mass is 32.2.